The number of nitrogens with zero attached hydrogens (tertiary/aromatic N) is 1. The molecule has 0 bridgehead atoms. The van der Waals surface area contributed by atoms with E-state index in [-0.39, 0.29) is 0 Å². The topological polar surface area (TPSA) is 29.3 Å². The molecule has 1 atom stereocenters. The molecular formula is C16H25BrN2. The Balaban J connectivity index is 2.18. The maximum absolute atomic E-state index is 5.79. The minimum atomic E-state index is 0.416. The van der Waals surface area contributed by atoms with Gasteiger partial charge in [0.25, 0.3) is 0 Å². The molecule has 1 aliphatic heterocycles. The second-order valence-corrected chi connectivity index (χ2v) is 7.31. The number of piperidine rings is 1. The highest BCUT2D eigenvalue weighted by atomic mass is 79.9. The molecule has 1 aliphatic rings. The molecule has 1 fully saturated rings. The highest BCUT2D eigenvalue weighted by molar-refractivity contribution is 9.10. The van der Waals surface area contributed by atoms with Gasteiger partial charge in [0.1, 0.15) is 0 Å². The van der Waals surface area contributed by atoms with Gasteiger partial charge in [0, 0.05) is 23.2 Å². The molecule has 0 saturated carbocycles. The average Bonchev–Trinajstić information content (AvgIpc) is 2.33. The predicted octanol–water partition coefficient (Wildman–Crippen LogP) is 3.96. The summed E-state index contributed by atoms with van der Waals surface area (Å²) in [5.41, 5.74) is 8.93. The maximum atomic E-state index is 5.79. The minimum absolute atomic E-state index is 0.416. The molecule has 0 amide bonds. The second-order valence-electron chi connectivity index (χ2n) is 6.39. The van der Waals surface area contributed by atoms with Gasteiger partial charge < -0.3 is 10.6 Å². The molecule has 106 valence electrons. The van der Waals surface area contributed by atoms with Crippen LogP contribution in [-0.4, -0.2) is 19.6 Å². The van der Waals surface area contributed by atoms with Gasteiger partial charge in [0.2, 0.25) is 0 Å². The van der Waals surface area contributed by atoms with Crippen LogP contribution in [0.5, 0.6) is 0 Å². The fourth-order valence-electron chi connectivity index (χ4n) is 3.11. The highest BCUT2D eigenvalue weighted by Gasteiger charge is 2.35. The number of benzene rings is 1. The molecule has 0 spiro atoms. The van der Waals surface area contributed by atoms with Crippen molar-refractivity contribution in [2.24, 2.45) is 17.1 Å². The van der Waals surface area contributed by atoms with Crippen LogP contribution in [0.4, 0.5) is 5.69 Å². The van der Waals surface area contributed by atoms with Crippen LogP contribution in [0.15, 0.2) is 22.7 Å². The van der Waals surface area contributed by atoms with Gasteiger partial charge in [-0.3, -0.25) is 0 Å². The summed E-state index contributed by atoms with van der Waals surface area (Å²) in [7, 11) is 0. The van der Waals surface area contributed by atoms with Crippen LogP contribution in [0.3, 0.4) is 0 Å². The van der Waals surface area contributed by atoms with E-state index in [1.165, 1.54) is 17.7 Å². The van der Waals surface area contributed by atoms with Gasteiger partial charge in [-0.05, 0) is 61.4 Å². The van der Waals surface area contributed by atoms with Gasteiger partial charge in [-0.2, -0.15) is 0 Å². The molecule has 1 aromatic rings. The molecule has 0 radical (unpaired) electrons. The predicted molar refractivity (Wildman–Crippen MR) is 86.7 cm³/mol. The van der Waals surface area contributed by atoms with Crippen molar-refractivity contribution < 1.29 is 0 Å². The van der Waals surface area contributed by atoms with E-state index in [1.807, 2.05) is 0 Å². The Bertz CT molecular complexity index is 442. The number of rotatable bonds is 3. The zero-order chi connectivity index (χ0) is 14.0. The first-order chi connectivity index (χ1) is 8.94. The third-order valence-corrected chi connectivity index (χ3v) is 5.08. The van der Waals surface area contributed by atoms with Gasteiger partial charge in [-0.1, -0.05) is 29.8 Å². The van der Waals surface area contributed by atoms with Crippen molar-refractivity contribution in [2.45, 2.75) is 33.6 Å². The van der Waals surface area contributed by atoms with Crippen LogP contribution in [-0.2, 0) is 0 Å². The molecule has 2 nitrogen and oxygen atoms in total. The van der Waals surface area contributed by atoms with Crippen molar-refractivity contribution in [3.63, 3.8) is 0 Å². The number of halogens is 1. The number of hydrogen-bond donors (Lipinski definition) is 1. The quantitative estimate of drug-likeness (QED) is 0.911. The van der Waals surface area contributed by atoms with E-state index in [0.717, 1.165) is 30.5 Å². The molecule has 2 N–H and O–H groups in total. The summed E-state index contributed by atoms with van der Waals surface area (Å²) >= 11 is 3.54. The molecule has 1 heterocycles. The summed E-state index contributed by atoms with van der Waals surface area (Å²) in [5, 5.41) is 0. The van der Waals surface area contributed by atoms with E-state index >= 15 is 0 Å². The molecule has 19 heavy (non-hydrogen) atoms. The molecule has 0 aliphatic carbocycles. The van der Waals surface area contributed by atoms with Crippen LogP contribution in [0, 0.1) is 18.3 Å². The average molecular weight is 325 g/mol. The third kappa shape index (κ3) is 3.32. The first kappa shape index (κ1) is 14.9. The monoisotopic (exact) mass is 324 g/mol. The van der Waals surface area contributed by atoms with E-state index in [2.05, 4.69) is 59.8 Å². The Morgan fingerprint density at radius 1 is 1.42 bits per heavy atom. The van der Waals surface area contributed by atoms with Crippen LogP contribution in [0.1, 0.15) is 32.3 Å². The largest absolute Gasteiger partial charge is 0.371 e. The molecule has 1 aromatic carbocycles. The van der Waals surface area contributed by atoms with Crippen molar-refractivity contribution in [2.75, 3.05) is 24.5 Å². The lowest BCUT2D eigenvalue weighted by Crippen LogP contribution is -2.45. The van der Waals surface area contributed by atoms with Gasteiger partial charge in [0.05, 0.1) is 0 Å². The van der Waals surface area contributed by atoms with Crippen molar-refractivity contribution >= 4 is 21.6 Å². The SMILES string of the molecule is Cc1cc(Br)ccc1N1CCC(C)(C)C(CCN)C1. The Labute approximate surface area is 125 Å². The Morgan fingerprint density at radius 2 is 2.16 bits per heavy atom. The Morgan fingerprint density at radius 3 is 2.79 bits per heavy atom. The van der Waals surface area contributed by atoms with Crippen LogP contribution < -0.4 is 10.6 Å². The van der Waals surface area contributed by atoms with Crippen LogP contribution >= 0.6 is 15.9 Å². The van der Waals surface area contributed by atoms with E-state index in [4.69, 9.17) is 5.73 Å². The third-order valence-electron chi connectivity index (χ3n) is 4.59. The molecule has 3 heteroatoms. The standard InChI is InChI=1S/C16H25BrN2/c1-12-10-14(17)4-5-15(12)19-9-7-16(2,3)13(11-19)6-8-18/h4-5,10,13H,6-9,11,18H2,1-3H3. The highest BCUT2D eigenvalue weighted by Crippen LogP contribution is 2.39. The van der Waals surface area contributed by atoms with Gasteiger partial charge in [-0.25, -0.2) is 0 Å². The van der Waals surface area contributed by atoms with Crippen molar-refractivity contribution in [3.05, 3.63) is 28.2 Å². The summed E-state index contributed by atoms with van der Waals surface area (Å²) < 4.78 is 1.16. The number of aryl methyl sites for hydroxylation is 1. The molecule has 1 saturated heterocycles. The van der Waals surface area contributed by atoms with E-state index < -0.39 is 0 Å². The first-order valence-electron chi connectivity index (χ1n) is 7.15. The summed E-state index contributed by atoms with van der Waals surface area (Å²) in [6.07, 6.45) is 2.37. The lowest BCUT2D eigenvalue weighted by Gasteiger charge is -2.45. The van der Waals surface area contributed by atoms with Crippen LogP contribution in [0.25, 0.3) is 0 Å². The van der Waals surface area contributed by atoms with E-state index in [9.17, 15) is 0 Å². The van der Waals surface area contributed by atoms with E-state index in [1.54, 1.807) is 0 Å². The molecule has 1 unspecified atom stereocenters. The van der Waals surface area contributed by atoms with Gasteiger partial charge in [-0.15, -0.1) is 0 Å². The zero-order valence-electron chi connectivity index (χ0n) is 12.2. The Hall–Kier alpha value is -0.540. The molecular weight excluding hydrogens is 300 g/mol. The first-order valence-corrected chi connectivity index (χ1v) is 7.94. The number of nitrogens with two attached hydrogens (primary N) is 1. The number of hydrogen-bond acceptors (Lipinski definition) is 2. The minimum Gasteiger partial charge on any atom is -0.371 e. The van der Waals surface area contributed by atoms with Gasteiger partial charge in [0.15, 0.2) is 0 Å². The summed E-state index contributed by atoms with van der Waals surface area (Å²) in [6, 6.07) is 6.57. The maximum Gasteiger partial charge on any atom is 0.0396 e. The fourth-order valence-corrected chi connectivity index (χ4v) is 3.58. The summed E-state index contributed by atoms with van der Waals surface area (Å²) in [4.78, 5) is 2.54. The lowest BCUT2D eigenvalue weighted by atomic mass is 9.71. The molecule has 0 aromatic heterocycles. The van der Waals surface area contributed by atoms with Crippen molar-refractivity contribution in [1.82, 2.24) is 0 Å². The second kappa shape index (κ2) is 5.84. The normalized spacial score (nSPS) is 22.6. The zero-order valence-corrected chi connectivity index (χ0v) is 13.8. The van der Waals surface area contributed by atoms with Gasteiger partial charge >= 0.3 is 0 Å². The smallest absolute Gasteiger partial charge is 0.0396 e. The number of anilines is 1. The van der Waals surface area contributed by atoms with E-state index in [0.29, 0.717) is 11.3 Å². The fraction of sp³-hybridized carbons (Fsp3) is 0.625. The molecule has 2 rings (SSSR count). The lowest BCUT2D eigenvalue weighted by molar-refractivity contribution is 0.163. The summed E-state index contributed by atoms with van der Waals surface area (Å²) in [6.45, 7) is 10.0. The van der Waals surface area contributed by atoms with Crippen molar-refractivity contribution in [1.29, 1.82) is 0 Å². The summed E-state index contributed by atoms with van der Waals surface area (Å²) in [5.74, 6) is 0.689. The van der Waals surface area contributed by atoms with Crippen molar-refractivity contribution in [3.8, 4) is 0 Å². The Kier molecular flexibility index (Phi) is 4.57. The van der Waals surface area contributed by atoms with Crippen LogP contribution in [0.2, 0.25) is 0 Å².